The number of anilines is 2. The van der Waals surface area contributed by atoms with Crippen LogP contribution in [0, 0.1) is 11.6 Å². The van der Waals surface area contributed by atoms with Crippen molar-refractivity contribution < 1.29 is 18.7 Å². The summed E-state index contributed by atoms with van der Waals surface area (Å²) in [5.41, 5.74) is 0.400. The van der Waals surface area contributed by atoms with Crippen LogP contribution in [0.4, 0.5) is 19.5 Å². The van der Waals surface area contributed by atoms with Crippen molar-refractivity contribution in [3.63, 3.8) is 0 Å². The van der Waals surface area contributed by atoms with Gasteiger partial charge < -0.3 is 15.3 Å². The molecule has 3 heterocycles. The van der Waals surface area contributed by atoms with E-state index in [1.165, 1.54) is 23.0 Å². The molecule has 29 heavy (non-hydrogen) atoms. The Morgan fingerprint density at radius 1 is 1.24 bits per heavy atom. The van der Waals surface area contributed by atoms with Crippen molar-refractivity contribution in [1.29, 1.82) is 0 Å². The van der Waals surface area contributed by atoms with E-state index < -0.39 is 17.5 Å². The van der Waals surface area contributed by atoms with E-state index in [1.807, 2.05) is 0 Å². The molecule has 0 radical (unpaired) electrons. The van der Waals surface area contributed by atoms with E-state index in [0.29, 0.717) is 18.7 Å². The highest BCUT2D eigenvalue weighted by molar-refractivity contribution is 7.13. The van der Waals surface area contributed by atoms with Gasteiger partial charge in [-0.15, -0.1) is 11.3 Å². The van der Waals surface area contributed by atoms with Gasteiger partial charge in [0.2, 0.25) is 0 Å². The number of nitrogens with one attached hydrogen (secondary N) is 1. The number of nitrogens with zero attached hydrogens (tertiary/aromatic N) is 3. The number of hydrogen-bond acceptors (Lipinski definition) is 7. The molecule has 0 aliphatic carbocycles. The van der Waals surface area contributed by atoms with Gasteiger partial charge in [-0.25, -0.2) is 13.8 Å². The molecule has 1 aliphatic rings. The molecule has 1 aromatic carbocycles. The van der Waals surface area contributed by atoms with Crippen LogP contribution in [0.1, 0.15) is 29.8 Å². The third-order valence-electron chi connectivity index (χ3n) is 4.70. The number of thiazole rings is 1. The number of halogens is 2. The molecule has 10 heteroatoms. The molecule has 1 unspecified atom stereocenters. The van der Waals surface area contributed by atoms with Crippen molar-refractivity contribution in [1.82, 2.24) is 9.36 Å². The first-order chi connectivity index (χ1) is 14.0. The molecule has 4 rings (SSSR count). The summed E-state index contributed by atoms with van der Waals surface area (Å²) in [6.07, 6.45) is 3.54. The number of hydrogen-bond donors (Lipinski definition) is 2. The van der Waals surface area contributed by atoms with Crippen LogP contribution in [0.25, 0.3) is 10.6 Å². The van der Waals surface area contributed by atoms with Crippen LogP contribution < -0.4 is 10.2 Å². The first-order valence-corrected chi connectivity index (χ1v) is 10.8. The summed E-state index contributed by atoms with van der Waals surface area (Å²) in [6.45, 7) is 1.45. The molecule has 0 saturated carbocycles. The first kappa shape index (κ1) is 19.9. The summed E-state index contributed by atoms with van der Waals surface area (Å²) in [5, 5.41) is 15.0. The Bertz CT molecular complexity index is 1000. The second-order valence-corrected chi connectivity index (χ2v) is 8.34. The van der Waals surface area contributed by atoms with E-state index in [0.717, 1.165) is 47.9 Å². The highest BCUT2D eigenvalue weighted by Crippen LogP contribution is 2.33. The molecule has 6 nitrogen and oxygen atoms in total. The van der Waals surface area contributed by atoms with Crippen LogP contribution in [0.5, 0.6) is 0 Å². The van der Waals surface area contributed by atoms with Crippen molar-refractivity contribution >= 4 is 39.5 Å². The average molecular weight is 437 g/mol. The van der Waals surface area contributed by atoms with Gasteiger partial charge in [-0.05, 0) is 42.9 Å². The third kappa shape index (κ3) is 4.29. The zero-order valence-electron chi connectivity index (χ0n) is 15.3. The molecular formula is C19H18F2N4O2S2. The van der Waals surface area contributed by atoms with Gasteiger partial charge >= 0.3 is 0 Å². The summed E-state index contributed by atoms with van der Waals surface area (Å²) in [6, 6.07) is 3.59. The molecule has 3 aromatic rings. The predicted octanol–water partition coefficient (Wildman–Crippen LogP) is 4.15. The molecule has 1 atom stereocenters. The van der Waals surface area contributed by atoms with Crippen molar-refractivity contribution in [2.75, 3.05) is 23.3 Å². The van der Waals surface area contributed by atoms with E-state index >= 15 is 0 Å². The van der Waals surface area contributed by atoms with E-state index in [4.69, 9.17) is 0 Å². The van der Waals surface area contributed by atoms with Crippen LogP contribution in [0.2, 0.25) is 0 Å². The molecule has 2 aromatic heterocycles. The quantitative estimate of drug-likeness (QED) is 0.643. The normalized spacial score (nSPS) is 17.2. The van der Waals surface area contributed by atoms with Crippen molar-refractivity contribution in [2.45, 2.75) is 25.4 Å². The van der Waals surface area contributed by atoms with Gasteiger partial charge in [0.05, 0.1) is 23.6 Å². The van der Waals surface area contributed by atoms with E-state index in [-0.39, 0.29) is 22.4 Å². The lowest BCUT2D eigenvalue weighted by Gasteiger charge is -2.21. The minimum atomic E-state index is -0.723. The van der Waals surface area contributed by atoms with E-state index in [2.05, 4.69) is 19.6 Å². The van der Waals surface area contributed by atoms with Gasteiger partial charge in [-0.3, -0.25) is 4.79 Å². The smallest absolute Gasteiger partial charge is 0.275 e. The molecule has 1 saturated heterocycles. The monoisotopic (exact) mass is 436 g/mol. The Hall–Kier alpha value is -2.43. The zero-order valence-corrected chi connectivity index (χ0v) is 16.9. The minimum Gasteiger partial charge on any atom is -0.393 e. The first-order valence-electron chi connectivity index (χ1n) is 9.12. The number of rotatable bonds is 4. The second-order valence-electron chi connectivity index (χ2n) is 6.71. The topological polar surface area (TPSA) is 78.4 Å². The Morgan fingerprint density at radius 3 is 2.83 bits per heavy atom. The fourth-order valence-electron chi connectivity index (χ4n) is 3.21. The average Bonchev–Trinajstić information content (AvgIpc) is 3.29. The van der Waals surface area contributed by atoms with E-state index in [9.17, 15) is 18.7 Å². The van der Waals surface area contributed by atoms with Crippen LogP contribution in [0.15, 0.2) is 29.8 Å². The number of carbonyl (C=O) groups excluding carboxylic acids is 1. The number of aliphatic hydroxyl groups excluding tert-OH is 1. The Balaban J connectivity index is 1.51. The molecular weight excluding hydrogens is 418 g/mol. The second kappa shape index (κ2) is 8.52. The highest BCUT2D eigenvalue weighted by Gasteiger charge is 2.22. The molecule has 1 aliphatic heterocycles. The highest BCUT2D eigenvalue weighted by atomic mass is 32.1. The van der Waals surface area contributed by atoms with Crippen LogP contribution in [-0.2, 0) is 0 Å². The summed E-state index contributed by atoms with van der Waals surface area (Å²) in [5.74, 6) is -1.92. The molecule has 0 bridgehead atoms. The van der Waals surface area contributed by atoms with Gasteiger partial charge in [-0.2, -0.15) is 4.37 Å². The third-order valence-corrected chi connectivity index (χ3v) is 6.42. The minimum absolute atomic E-state index is 0.0797. The van der Waals surface area contributed by atoms with Crippen molar-refractivity contribution in [3.8, 4) is 10.6 Å². The number of carbonyl (C=O) groups is 1. The molecule has 1 amide bonds. The van der Waals surface area contributed by atoms with E-state index in [1.54, 1.807) is 6.20 Å². The van der Waals surface area contributed by atoms with Crippen LogP contribution >= 0.6 is 22.9 Å². The maximum atomic E-state index is 14.0. The maximum absolute atomic E-state index is 14.0. The Kier molecular flexibility index (Phi) is 5.84. The van der Waals surface area contributed by atoms with Crippen LogP contribution in [0.3, 0.4) is 0 Å². The number of aromatic nitrogens is 2. The van der Waals surface area contributed by atoms with Gasteiger partial charge in [0.1, 0.15) is 27.3 Å². The fraction of sp³-hybridized carbons (Fsp3) is 0.316. The lowest BCUT2D eigenvalue weighted by molar-refractivity contribution is 0.102. The SMILES string of the molecule is O=C(Nc1cnsc1N1CCCC(O)CC1)c1csc(-c2c(F)cccc2F)n1. The number of benzene rings is 1. The largest absolute Gasteiger partial charge is 0.393 e. The van der Waals surface area contributed by atoms with Crippen molar-refractivity contribution in [2.24, 2.45) is 0 Å². The fourth-order valence-corrected chi connectivity index (χ4v) is 4.82. The number of amides is 1. The van der Waals surface area contributed by atoms with Gasteiger partial charge in [-0.1, -0.05) is 6.07 Å². The van der Waals surface area contributed by atoms with Crippen molar-refractivity contribution in [3.05, 3.63) is 47.1 Å². The maximum Gasteiger partial charge on any atom is 0.275 e. The van der Waals surface area contributed by atoms with Gasteiger partial charge in [0.15, 0.2) is 0 Å². The summed E-state index contributed by atoms with van der Waals surface area (Å²) in [7, 11) is 0. The molecule has 0 spiro atoms. The number of aliphatic hydroxyl groups is 1. The Labute approximate surface area is 174 Å². The molecule has 2 N–H and O–H groups in total. The lowest BCUT2D eigenvalue weighted by Crippen LogP contribution is -2.25. The predicted molar refractivity (Wildman–Crippen MR) is 110 cm³/mol. The zero-order chi connectivity index (χ0) is 20.4. The summed E-state index contributed by atoms with van der Waals surface area (Å²) in [4.78, 5) is 18.9. The Morgan fingerprint density at radius 2 is 2.03 bits per heavy atom. The van der Waals surface area contributed by atoms with Gasteiger partial charge in [0, 0.05) is 18.5 Å². The standard InChI is InChI=1S/C19H18F2N4O2S2/c20-12-4-1-5-13(21)16(12)18-24-15(10-28-18)17(27)23-14-9-22-29-19(14)25-7-2-3-11(26)6-8-25/h1,4-5,9-11,26H,2-3,6-8H2,(H,23,27). The van der Waals surface area contributed by atoms with Crippen LogP contribution in [-0.4, -0.2) is 39.6 Å². The summed E-state index contributed by atoms with van der Waals surface area (Å²) >= 11 is 2.28. The molecule has 152 valence electrons. The van der Waals surface area contributed by atoms with Gasteiger partial charge in [0.25, 0.3) is 5.91 Å². The summed E-state index contributed by atoms with van der Waals surface area (Å²) < 4.78 is 32.1. The lowest BCUT2D eigenvalue weighted by atomic mass is 10.2. The molecule has 1 fully saturated rings.